The summed E-state index contributed by atoms with van der Waals surface area (Å²) in [6, 6.07) is 4.42. The number of nitrogens with two attached hydrogens (primary N) is 1. The molecule has 2 rings (SSSR count). The lowest BCUT2D eigenvalue weighted by molar-refractivity contribution is 0.200. The molecule has 1 aromatic carbocycles. The SMILES string of the molecule is NCc1c(F)cccc1NC(=O)N1CCCCC1. The van der Waals surface area contributed by atoms with E-state index in [0.717, 1.165) is 32.4 Å². The fraction of sp³-hybridized carbons (Fsp3) is 0.462. The van der Waals surface area contributed by atoms with Crippen LogP contribution in [0.5, 0.6) is 0 Å². The van der Waals surface area contributed by atoms with Crippen molar-refractivity contribution >= 4 is 11.7 Å². The quantitative estimate of drug-likeness (QED) is 0.847. The summed E-state index contributed by atoms with van der Waals surface area (Å²) in [5.74, 6) is -0.381. The highest BCUT2D eigenvalue weighted by Gasteiger charge is 2.17. The maximum atomic E-state index is 13.5. The molecule has 98 valence electrons. The largest absolute Gasteiger partial charge is 0.326 e. The van der Waals surface area contributed by atoms with Crippen molar-refractivity contribution in [2.24, 2.45) is 5.73 Å². The van der Waals surface area contributed by atoms with Crippen LogP contribution in [0.2, 0.25) is 0 Å². The molecular formula is C13H18FN3O. The topological polar surface area (TPSA) is 58.4 Å². The first-order valence-electron chi connectivity index (χ1n) is 6.25. The number of hydrogen-bond donors (Lipinski definition) is 2. The van der Waals surface area contributed by atoms with Gasteiger partial charge in [-0.15, -0.1) is 0 Å². The number of likely N-dealkylation sites (tertiary alicyclic amines) is 1. The van der Waals surface area contributed by atoms with Gasteiger partial charge in [0.05, 0.1) is 0 Å². The summed E-state index contributed by atoms with van der Waals surface area (Å²) in [7, 11) is 0. The van der Waals surface area contributed by atoms with E-state index in [1.807, 2.05) is 0 Å². The molecule has 0 radical (unpaired) electrons. The summed E-state index contributed by atoms with van der Waals surface area (Å²) in [6.45, 7) is 1.60. The third-order valence-electron chi connectivity index (χ3n) is 3.21. The lowest BCUT2D eigenvalue weighted by atomic mass is 10.1. The number of nitrogens with zero attached hydrogens (tertiary/aromatic N) is 1. The zero-order chi connectivity index (χ0) is 13.0. The van der Waals surface area contributed by atoms with Crippen LogP contribution in [0.15, 0.2) is 18.2 Å². The Morgan fingerprint density at radius 2 is 2.06 bits per heavy atom. The predicted molar refractivity (Wildman–Crippen MR) is 68.7 cm³/mol. The summed E-state index contributed by atoms with van der Waals surface area (Å²) >= 11 is 0. The molecule has 1 aromatic rings. The monoisotopic (exact) mass is 251 g/mol. The highest BCUT2D eigenvalue weighted by molar-refractivity contribution is 5.90. The van der Waals surface area contributed by atoms with Crippen LogP contribution < -0.4 is 11.1 Å². The Labute approximate surface area is 106 Å². The number of carbonyl (C=O) groups excluding carboxylic acids is 1. The molecule has 1 aliphatic heterocycles. The standard InChI is InChI=1S/C13H18FN3O/c14-11-5-4-6-12(10(11)9-15)16-13(18)17-7-2-1-3-8-17/h4-6H,1-3,7-9,15H2,(H,16,18). The van der Waals surface area contributed by atoms with E-state index in [1.54, 1.807) is 17.0 Å². The van der Waals surface area contributed by atoms with Gasteiger partial charge in [0.1, 0.15) is 5.82 Å². The van der Waals surface area contributed by atoms with Crippen molar-refractivity contribution in [2.75, 3.05) is 18.4 Å². The van der Waals surface area contributed by atoms with Gasteiger partial charge in [-0.05, 0) is 31.4 Å². The molecule has 2 amide bonds. The van der Waals surface area contributed by atoms with E-state index in [1.165, 1.54) is 6.07 Å². The number of anilines is 1. The second kappa shape index (κ2) is 5.82. The van der Waals surface area contributed by atoms with Crippen LogP contribution in [0, 0.1) is 5.82 Å². The molecular weight excluding hydrogens is 233 g/mol. The number of piperidine rings is 1. The van der Waals surface area contributed by atoms with Gasteiger partial charge in [0.2, 0.25) is 0 Å². The Kier molecular flexibility index (Phi) is 4.15. The zero-order valence-electron chi connectivity index (χ0n) is 10.3. The van der Waals surface area contributed by atoms with Crippen molar-refractivity contribution in [3.05, 3.63) is 29.6 Å². The number of hydrogen-bond acceptors (Lipinski definition) is 2. The van der Waals surface area contributed by atoms with Crippen molar-refractivity contribution < 1.29 is 9.18 Å². The average molecular weight is 251 g/mol. The normalized spacial score (nSPS) is 15.6. The van der Waals surface area contributed by atoms with Crippen molar-refractivity contribution in [3.63, 3.8) is 0 Å². The molecule has 18 heavy (non-hydrogen) atoms. The molecule has 1 saturated heterocycles. The Balaban J connectivity index is 2.08. The minimum atomic E-state index is -0.381. The molecule has 0 spiro atoms. The third-order valence-corrected chi connectivity index (χ3v) is 3.21. The molecule has 1 aliphatic rings. The van der Waals surface area contributed by atoms with Gasteiger partial charge in [0.15, 0.2) is 0 Å². The Hall–Kier alpha value is -1.62. The smallest absolute Gasteiger partial charge is 0.321 e. The maximum absolute atomic E-state index is 13.5. The first kappa shape index (κ1) is 12.8. The van der Waals surface area contributed by atoms with Crippen LogP contribution in [0.25, 0.3) is 0 Å². The number of benzene rings is 1. The minimum Gasteiger partial charge on any atom is -0.326 e. The second-order valence-electron chi connectivity index (χ2n) is 4.45. The van der Waals surface area contributed by atoms with E-state index in [2.05, 4.69) is 5.32 Å². The fourth-order valence-corrected chi connectivity index (χ4v) is 2.17. The van der Waals surface area contributed by atoms with Crippen LogP contribution in [0.3, 0.4) is 0 Å². The predicted octanol–water partition coefficient (Wildman–Crippen LogP) is 2.30. The lowest BCUT2D eigenvalue weighted by Gasteiger charge is -2.27. The van der Waals surface area contributed by atoms with Gasteiger partial charge >= 0.3 is 6.03 Å². The van der Waals surface area contributed by atoms with Gasteiger partial charge in [-0.3, -0.25) is 0 Å². The summed E-state index contributed by atoms with van der Waals surface area (Å²) in [6.07, 6.45) is 3.22. The number of rotatable bonds is 2. The number of amides is 2. The Morgan fingerprint density at radius 1 is 1.33 bits per heavy atom. The van der Waals surface area contributed by atoms with Crippen molar-refractivity contribution in [3.8, 4) is 0 Å². The van der Waals surface area contributed by atoms with Crippen molar-refractivity contribution in [1.82, 2.24) is 4.90 Å². The molecule has 5 heteroatoms. The van der Waals surface area contributed by atoms with Crippen molar-refractivity contribution in [1.29, 1.82) is 0 Å². The molecule has 3 N–H and O–H groups in total. The summed E-state index contributed by atoms with van der Waals surface area (Å²) in [5.41, 5.74) is 6.32. The number of halogens is 1. The molecule has 0 atom stereocenters. The highest BCUT2D eigenvalue weighted by Crippen LogP contribution is 2.19. The molecule has 4 nitrogen and oxygen atoms in total. The molecule has 0 saturated carbocycles. The minimum absolute atomic E-state index is 0.0717. The van der Waals surface area contributed by atoms with Crippen LogP contribution in [-0.2, 0) is 6.54 Å². The van der Waals surface area contributed by atoms with Gasteiger partial charge < -0.3 is 16.0 Å². The Morgan fingerprint density at radius 3 is 2.72 bits per heavy atom. The Bertz CT molecular complexity index is 430. The van der Waals surface area contributed by atoms with E-state index in [9.17, 15) is 9.18 Å². The van der Waals surface area contributed by atoms with E-state index in [4.69, 9.17) is 5.73 Å². The first-order chi connectivity index (χ1) is 8.72. The fourth-order valence-electron chi connectivity index (χ4n) is 2.17. The maximum Gasteiger partial charge on any atom is 0.321 e. The van der Waals surface area contributed by atoms with Gasteiger partial charge in [-0.1, -0.05) is 6.07 Å². The molecule has 0 unspecified atom stereocenters. The first-order valence-corrected chi connectivity index (χ1v) is 6.25. The number of carbonyl (C=O) groups is 1. The summed E-state index contributed by atoms with van der Waals surface area (Å²) in [4.78, 5) is 13.8. The molecule has 1 heterocycles. The highest BCUT2D eigenvalue weighted by atomic mass is 19.1. The third kappa shape index (κ3) is 2.79. The molecule has 1 fully saturated rings. The van der Waals surface area contributed by atoms with Gasteiger partial charge in [-0.25, -0.2) is 9.18 Å². The average Bonchev–Trinajstić information content (AvgIpc) is 2.40. The molecule has 0 aliphatic carbocycles. The van der Waals surface area contributed by atoms with E-state index < -0.39 is 0 Å². The summed E-state index contributed by atoms with van der Waals surface area (Å²) in [5, 5.41) is 2.74. The number of nitrogens with one attached hydrogen (secondary N) is 1. The van der Waals surface area contributed by atoms with Gasteiger partial charge in [0.25, 0.3) is 0 Å². The number of urea groups is 1. The van der Waals surface area contributed by atoms with Crippen molar-refractivity contribution in [2.45, 2.75) is 25.8 Å². The van der Waals surface area contributed by atoms with E-state index in [0.29, 0.717) is 11.3 Å². The summed E-state index contributed by atoms with van der Waals surface area (Å²) < 4.78 is 13.5. The molecule has 0 aromatic heterocycles. The van der Waals surface area contributed by atoms with Gasteiger partial charge in [0, 0.05) is 30.9 Å². The lowest BCUT2D eigenvalue weighted by Crippen LogP contribution is -2.38. The van der Waals surface area contributed by atoms with E-state index in [-0.39, 0.29) is 18.4 Å². The van der Waals surface area contributed by atoms with Crippen LogP contribution in [-0.4, -0.2) is 24.0 Å². The van der Waals surface area contributed by atoms with Gasteiger partial charge in [-0.2, -0.15) is 0 Å². The zero-order valence-corrected chi connectivity index (χ0v) is 10.3. The van der Waals surface area contributed by atoms with Crippen LogP contribution >= 0.6 is 0 Å². The molecule has 0 bridgehead atoms. The van der Waals surface area contributed by atoms with E-state index >= 15 is 0 Å². The second-order valence-corrected chi connectivity index (χ2v) is 4.45. The van der Waals surface area contributed by atoms with Crippen LogP contribution in [0.1, 0.15) is 24.8 Å². The van der Waals surface area contributed by atoms with Crippen LogP contribution in [0.4, 0.5) is 14.9 Å².